The van der Waals surface area contributed by atoms with Crippen molar-refractivity contribution in [2.75, 3.05) is 0 Å². The van der Waals surface area contributed by atoms with Gasteiger partial charge in [-0.2, -0.15) is 5.10 Å². The number of nitrogens with zero attached hydrogens (tertiary/aromatic N) is 3. The standard InChI is InChI=1S/C10H13N5S/c1-7(11)9(8-4-2-3-5-12-8)16-10-13-6-14-15-10/h2-7,9H,11H2,1H3,(H,13,14,15). The zero-order valence-electron chi connectivity index (χ0n) is 8.87. The molecule has 2 heterocycles. The number of aromatic amines is 1. The first-order chi connectivity index (χ1) is 7.77. The second kappa shape index (κ2) is 5.09. The molecule has 16 heavy (non-hydrogen) atoms. The van der Waals surface area contributed by atoms with E-state index < -0.39 is 0 Å². The third-order valence-corrected chi connectivity index (χ3v) is 3.43. The highest BCUT2D eigenvalue weighted by atomic mass is 32.2. The van der Waals surface area contributed by atoms with Crippen LogP contribution < -0.4 is 5.73 Å². The summed E-state index contributed by atoms with van der Waals surface area (Å²) >= 11 is 1.54. The minimum absolute atomic E-state index is 0.00926. The van der Waals surface area contributed by atoms with E-state index in [9.17, 15) is 0 Å². The van der Waals surface area contributed by atoms with Crippen molar-refractivity contribution < 1.29 is 0 Å². The second-order valence-corrected chi connectivity index (χ2v) is 4.57. The highest BCUT2D eigenvalue weighted by Gasteiger charge is 2.19. The number of nitrogens with one attached hydrogen (secondary N) is 1. The molecule has 0 fully saturated rings. The lowest BCUT2D eigenvalue weighted by Gasteiger charge is -2.17. The first kappa shape index (κ1) is 11.1. The molecule has 0 saturated heterocycles. The number of thioether (sulfide) groups is 1. The number of pyridine rings is 1. The summed E-state index contributed by atoms with van der Waals surface area (Å²) in [6.07, 6.45) is 3.25. The molecule has 0 bridgehead atoms. The highest BCUT2D eigenvalue weighted by molar-refractivity contribution is 7.99. The van der Waals surface area contributed by atoms with Gasteiger partial charge in [0.05, 0.1) is 10.9 Å². The Kier molecular flexibility index (Phi) is 3.53. The molecule has 0 aliphatic heterocycles. The second-order valence-electron chi connectivity index (χ2n) is 3.44. The van der Waals surface area contributed by atoms with Crippen molar-refractivity contribution in [3.63, 3.8) is 0 Å². The molecule has 2 aromatic heterocycles. The van der Waals surface area contributed by atoms with Crippen molar-refractivity contribution in [1.82, 2.24) is 20.2 Å². The number of nitrogens with two attached hydrogens (primary N) is 1. The van der Waals surface area contributed by atoms with Gasteiger partial charge in [-0.1, -0.05) is 17.8 Å². The topological polar surface area (TPSA) is 80.5 Å². The van der Waals surface area contributed by atoms with Crippen molar-refractivity contribution in [3.8, 4) is 0 Å². The quantitative estimate of drug-likeness (QED) is 0.782. The largest absolute Gasteiger partial charge is 0.327 e. The Morgan fingerprint density at radius 2 is 2.25 bits per heavy atom. The zero-order valence-corrected chi connectivity index (χ0v) is 9.69. The van der Waals surface area contributed by atoms with Gasteiger partial charge in [0.25, 0.3) is 0 Å². The van der Waals surface area contributed by atoms with Crippen molar-refractivity contribution >= 4 is 11.8 Å². The molecule has 0 aromatic carbocycles. The third-order valence-electron chi connectivity index (χ3n) is 2.09. The zero-order chi connectivity index (χ0) is 11.4. The van der Waals surface area contributed by atoms with E-state index in [0.29, 0.717) is 0 Å². The SMILES string of the molecule is CC(N)C(Sc1ncn[nH]1)c1ccccn1. The van der Waals surface area contributed by atoms with Crippen LogP contribution in [0.25, 0.3) is 0 Å². The van der Waals surface area contributed by atoms with Crippen molar-refractivity contribution in [2.45, 2.75) is 23.4 Å². The van der Waals surface area contributed by atoms with Gasteiger partial charge in [-0.3, -0.25) is 10.1 Å². The fraction of sp³-hybridized carbons (Fsp3) is 0.300. The van der Waals surface area contributed by atoms with Gasteiger partial charge in [-0.15, -0.1) is 0 Å². The van der Waals surface area contributed by atoms with Crippen molar-refractivity contribution in [2.24, 2.45) is 5.73 Å². The molecule has 0 spiro atoms. The Bertz CT molecular complexity index is 414. The van der Waals surface area contributed by atoms with Crippen LogP contribution in [0.1, 0.15) is 17.9 Å². The maximum Gasteiger partial charge on any atom is 0.184 e. The van der Waals surface area contributed by atoms with E-state index in [4.69, 9.17) is 5.73 Å². The fourth-order valence-electron chi connectivity index (χ4n) is 1.35. The average molecular weight is 235 g/mol. The molecule has 5 nitrogen and oxygen atoms in total. The van der Waals surface area contributed by atoms with E-state index >= 15 is 0 Å². The maximum absolute atomic E-state index is 5.96. The van der Waals surface area contributed by atoms with Crippen LogP contribution >= 0.6 is 11.8 Å². The molecule has 0 radical (unpaired) electrons. The van der Waals surface area contributed by atoms with Gasteiger partial charge in [0.1, 0.15) is 6.33 Å². The monoisotopic (exact) mass is 235 g/mol. The van der Waals surface area contributed by atoms with Crippen LogP contribution in [-0.4, -0.2) is 26.2 Å². The summed E-state index contributed by atoms with van der Waals surface area (Å²) in [5.74, 6) is 0. The molecule has 6 heteroatoms. The van der Waals surface area contributed by atoms with Crippen LogP contribution in [0.2, 0.25) is 0 Å². The molecular weight excluding hydrogens is 222 g/mol. The lowest BCUT2D eigenvalue weighted by atomic mass is 10.2. The fourth-order valence-corrected chi connectivity index (χ4v) is 2.28. The summed E-state index contributed by atoms with van der Waals surface area (Å²) in [6, 6.07) is 5.81. The lowest BCUT2D eigenvalue weighted by molar-refractivity contribution is 0.702. The minimum Gasteiger partial charge on any atom is -0.327 e. The van der Waals surface area contributed by atoms with Gasteiger partial charge in [0.15, 0.2) is 5.16 Å². The van der Waals surface area contributed by atoms with E-state index in [1.165, 1.54) is 18.1 Å². The smallest absolute Gasteiger partial charge is 0.184 e. The summed E-state index contributed by atoms with van der Waals surface area (Å²) in [4.78, 5) is 8.39. The van der Waals surface area contributed by atoms with Crippen LogP contribution in [0.5, 0.6) is 0 Å². The Morgan fingerprint density at radius 1 is 1.38 bits per heavy atom. The first-order valence-corrected chi connectivity index (χ1v) is 5.84. The molecule has 2 atom stereocenters. The molecule has 3 N–H and O–H groups in total. The minimum atomic E-state index is -0.00926. The summed E-state index contributed by atoms with van der Waals surface area (Å²) in [5, 5.41) is 7.46. The summed E-state index contributed by atoms with van der Waals surface area (Å²) < 4.78 is 0. The maximum atomic E-state index is 5.96. The number of aromatic nitrogens is 4. The molecular formula is C10H13N5S. The number of hydrogen-bond donors (Lipinski definition) is 2. The van der Waals surface area contributed by atoms with Crippen LogP contribution in [-0.2, 0) is 0 Å². The molecule has 2 rings (SSSR count). The predicted molar refractivity (Wildman–Crippen MR) is 62.9 cm³/mol. The normalized spacial score (nSPS) is 14.6. The molecule has 0 aliphatic carbocycles. The van der Waals surface area contributed by atoms with Crippen LogP contribution in [0.15, 0.2) is 35.9 Å². The Morgan fingerprint density at radius 3 is 2.81 bits per heavy atom. The van der Waals surface area contributed by atoms with E-state index in [2.05, 4.69) is 20.2 Å². The number of H-pyrrole nitrogens is 1. The Labute approximate surface area is 97.9 Å². The lowest BCUT2D eigenvalue weighted by Crippen LogP contribution is -2.23. The molecule has 0 saturated carbocycles. The molecule has 0 aliphatic rings. The Balaban J connectivity index is 2.18. The van der Waals surface area contributed by atoms with Gasteiger partial charge < -0.3 is 5.73 Å². The molecule has 2 unspecified atom stereocenters. The summed E-state index contributed by atoms with van der Waals surface area (Å²) in [6.45, 7) is 1.96. The molecule has 2 aromatic rings. The van der Waals surface area contributed by atoms with Gasteiger partial charge in [0.2, 0.25) is 0 Å². The Hall–Kier alpha value is -1.40. The van der Waals surface area contributed by atoms with E-state index in [0.717, 1.165) is 10.9 Å². The predicted octanol–water partition coefficient (Wildman–Crippen LogP) is 1.38. The van der Waals surface area contributed by atoms with Crippen LogP contribution in [0.3, 0.4) is 0 Å². The van der Waals surface area contributed by atoms with E-state index in [1.807, 2.05) is 25.1 Å². The van der Waals surface area contributed by atoms with Crippen molar-refractivity contribution in [3.05, 3.63) is 36.4 Å². The number of rotatable bonds is 4. The first-order valence-electron chi connectivity index (χ1n) is 4.96. The van der Waals surface area contributed by atoms with Crippen LogP contribution in [0, 0.1) is 0 Å². The van der Waals surface area contributed by atoms with Gasteiger partial charge in [-0.05, 0) is 19.1 Å². The van der Waals surface area contributed by atoms with Crippen LogP contribution in [0.4, 0.5) is 0 Å². The van der Waals surface area contributed by atoms with Gasteiger partial charge >= 0.3 is 0 Å². The summed E-state index contributed by atoms with van der Waals surface area (Å²) in [7, 11) is 0. The van der Waals surface area contributed by atoms with Gasteiger partial charge in [-0.25, -0.2) is 4.98 Å². The highest BCUT2D eigenvalue weighted by Crippen LogP contribution is 2.33. The number of hydrogen-bond acceptors (Lipinski definition) is 5. The average Bonchev–Trinajstić information content (AvgIpc) is 2.79. The third kappa shape index (κ3) is 2.59. The molecule has 0 amide bonds. The summed E-state index contributed by atoms with van der Waals surface area (Å²) in [5.41, 5.74) is 6.92. The van der Waals surface area contributed by atoms with Crippen molar-refractivity contribution in [1.29, 1.82) is 0 Å². The van der Waals surface area contributed by atoms with E-state index in [1.54, 1.807) is 6.20 Å². The van der Waals surface area contributed by atoms with Gasteiger partial charge in [0, 0.05) is 12.2 Å². The van der Waals surface area contributed by atoms with E-state index in [-0.39, 0.29) is 11.3 Å². The molecule has 84 valence electrons.